The van der Waals surface area contributed by atoms with Gasteiger partial charge in [0.05, 0.1) is 11.2 Å². The van der Waals surface area contributed by atoms with Crippen LogP contribution in [0.5, 0.6) is 5.75 Å². The van der Waals surface area contributed by atoms with Gasteiger partial charge in [0.1, 0.15) is 5.75 Å². The number of phenols is 1. The summed E-state index contributed by atoms with van der Waals surface area (Å²) in [4.78, 5) is 4.86. The van der Waals surface area contributed by atoms with Crippen LogP contribution in [0.25, 0.3) is 22.2 Å². The van der Waals surface area contributed by atoms with Crippen molar-refractivity contribution in [1.82, 2.24) is 4.98 Å². The number of nitrogens with one attached hydrogen (secondary N) is 1. The average molecular weight is 303 g/mol. The summed E-state index contributed by atoms with van der Waals surface area (Å²) >= 11 is 0. The van der Waals surface area contributed by atoms with Gasteiger partial charge in [-0.2, -0.15) is 0 Å². The molecule has 3 aromatic rings. The lowest BCUT2D eigenvalue weighted by Crippen LogP contribution is -2.01. The number of rotatable bonds is 2. The van der Waals surface area contributed by atoms with Crippen molar-refractivity contribution in [2.45, 2.75) is 19.3 Å². The Hall–Kier alpha value is -2.88. The molecule has 4 nitrogen and oxygen atoms in total. The number of anilines is 1. The Bertz CT molecular complexity index is 930. The van der Waals surface area contributed by atoms with Crippen molar-refractivity contribution >= 4 is 22.8 Å². The summed E-state index contributed by atoms with van der Waals surface area (Å²) in [5.41, 5.74) is 12.8. The van der Waals surface area contributed by atoms with Gasteiger partial charge in [0.25, 0.3) is 0 Å². The van der Waals surface area contributed by atoms with Gasteiger partial charge in [0.15, 0.2) is 0 Å². The van der Waals surface area contributed by atoms with Crippen LogP contribution in [0, 0.1) is 5.41 Å². The van der Waals surface area contributed by atoms with E-state index >= 15 is 0 Å². The van der Waals surface area contributed by atoms with Crippen molar-refractivity contribution < 1.29 is 5.11 Å². The van der Waals surface area contributed by atoms with Gasteiger partial charge in [-0.1, -0.05) is 0 Å². The van der Waals surface area contributed by atoms with Gasteiger partial charge < -0.3 is 16.2 Å². The predicted octanol–water partition coefficient (Wildman–Crippen LogP) is 3.68. The van der Waals surface area contributed by atoms with E-state index in [2.05, 4.69) is 0 Å². The van der Waals surface area contributed by atoms with Crippen molar-refractivity contribution in [3.63, 3.8) is 0 Å². The molecule has 0 atom stereocenters. The smallest absolute Gasteiger partial charge is 0.115 e. The fourth-order valence-corrected chi connectivity index (χ4v) is 3.52. The molecule has 0 spiro atoms. The summed E-state index contributed by atoms with van der Waals surface area (Å²) in [5, 5.41) is 18.2. The molecule has 0 bridgehead atoms. The van der Waals surface area contributed by atoms with Crippen molar-refractivity contribution in [2.75, 3.05) is 5.73 Å². The van der Waals surface area contributed by atoms with E-state index in [1.807, 2.05) is 24.3 Å². The van der Waals surface area contributed by atoms with Crippen LogP contribution in [-0.2, 0) is 12.8 Å². The van der Waals surface area contributed by atoms with Crippen LogP contribution in [-0.4, -0.2) is 16.3 Å². The van der Waals surface area contributed by atoms with E-state index in [0.717, 1.165) is 47.0 Å². The van der Waals surface area contributed by atoms with Gasteiger partial charge in [0, 0.05) is 28.4 Å². The first-order chi connectivity index (χ1) is 11.2. The highest BCUT2D eigenvalue weighted by atomic mass is 16.3. The minimum Gasteiger partial charge on any atom is -0.508 e. The number of pyridine rings is 1. The number of nitrogens with two attached hydrogens (primary N) is 1. The molecule has 114 valence electrons. The molecule has 0 unspecified atom stereocenters. The minimum absolute atomic E-state index is 0.255. The lowest BCUT2D eigenvalue weighted by molar-refractivity contribution is 0.475. The number of aryl methyl sites for hydroxylation is 1. The van der Waals surface area contributed by atoms with Crippen molar-refractivity contribution in [3.05, 3.63) is 53.1 Å². The second kappa shape index (κ2) is 5.09. The number of aromatic hydroxyl groups is 1. The molecule has 0 radical (unpaired) electrons. The summed E-state index contributed by atoms with van der Waals surface area (Å²) in [6.07, 6.45) is 4.40. The van der Waals surface area contributed by atoms with Crippen LogP contribution < -0.4 is 5.73 Å². The molecule has 4 N–H and O–H groups in total. The number of hydrogen-bond acceptors (Lipinski definition) is 4. The molecule has 2 aromatic carbocycles. The van der Waals surface area contributed by atoms with Crippen LogP contribution in [0.15, 0.2) is 36.4 Å². The number of nitrogens with zero attached hydrogens (tertiary/aromatic N) is 1. The second-order valence-electron chi connectivity index (χ2n) is 5.92. The molecule has 1 aliphatic carbocycles. The normalized spacial score (nSPS) is 13.2. The minimum atomic E-state index is 0.255. The molecule has 0 aliphatic heterocycles. The fourth-order valence-electron chi connectivity index (χ4n) is 3.52. The van der Waals surface area contributed by atoms with E-state index in [1.54, 1.807) is 12.1 Å². The van der Waals surface area contributed by atoms with Crippen LogP contribution in [0.1, 0.15) is 23.1 Å². The highest BCUT2D eigenvalue weighted by Crippen LogP contribution is 2.38. The molecule has 1 aliphatic rings. The van der Waals surface area contributed by atoms with E-state index < -0.39 is 0 Å². The Morgan fingerprint density at radius 3 is 2.52 bits per heavy atom. The summed E-state index contributed by atoms with van der Waals surface area (Å²) < 4.78 is 0. The maximum atomic E-state index is 9.51. The van der Waals surface area contributed by atoms with Crippen LogP contribution in [0.4, 0.5) is 5.69 Å². The van der Waals surface area contributed by atoms with E-state index in [4.69, 9.17) is 16.1 Å². The second-order valence-corrected chi connectivity index (χ2v) is 5.92. The maximum absolute atomic E-state index is 9.51. The largest absolute Gasteiger partial charge is 0.508 e. The number of fused-ring (bicyclic) bond motifs is 3. The van der Waals surface area contributed by atoms with E-state index in [-0.39, 0.29) is 5.75 Å². The molecular weight excluding hydrogens is 286 g/mol. The topological polar surface area (TPSA) is 83.0 Å². The van der Waals surface area contributed by atoms with Crippen LogP contribution in [0.3, 0.4) is 0 Å². The first-order valence-corrected chi connectivity index (χ1v) is 7.73. The Morgan fingerprint density at radius 1 is 1.04 bits per heavy atom. The fraction of sp³-hybridized carbons (Fsp3) is 0.158. The van der Waals surface area contributed by atoms with E-state index in [0.29, 0.717) is 5.69 Å². The maximum Gasteiger partial charge on any atom is 0.115 e. The quantitative estimate of drug-likeness (QED) is 0.499. The lowest BCUT2D eigenvalue weighted by Gasteiger charge is -2.14. The molecule has 4 rings (SSSR count). The molecule has 0 fully saturated rings. The Kier molecular flexibility index (Phi) is 3.05. The van der Waals surface area contributed by atoms with Crippen LogP contribution in [0.2, 0.25) is 0 Å². The average Bonchev–Trinajstić information content (AvgIpc) is 3.04. The predicted molar refractivity (Wildman–Crippen MR) is 93.2 cm³/mol. The molecule has 0 saturated carbocycles. The zero-order chi connectivity index (χ0) is 16.0. The molecule has 4 heteroatoms. The number of benzene rings is 2. The van der Waals surface area contributed by atoms with Crippen molar-refractivity contribution in [3.8, 4) is 17.0 Å². The standard InChI is InChI=1S/C19H17N3O/c20-10-15-16(21)8-9-17-18(15)13-2-1-3-14(13)19(22-17)11-4-6-12(23)7-5-11/h4-10,20,23H,1-3,21H2. The third kappa shape index (κ3) is 2.06. The van der Waals surface area contributed by atoms with Gasteiger partial charge in [0.2, 0.25) is 0 Å². The summed E-state index contributed by atoms with van der Waals surface area (Å²) in [5.74, 6) is 0.255. The molecule has 0 saturated heterocycles. The third-order valence-electron chi connectivity index (χ3n) is 4.58. The molecular formula is C19H17N3O. The monoisotopic (exact) mass is 303 g/mol. The summed E-state index contributed by atoms with van der Waals surface area (Å²) in [7, 11) is 0. The highest BCUT2D eigenvalue weighted by molar-refractivity contribution is 6.05. The van der Waals surface area contributed by atoms with Crippen molar-refractivity contribution in [2.24, 2.45) is 0 Å². The summed E-state index contributed by atoms with van der Waals surface area (Å²) in [6.45, 7) is 0. The number of nitrogen functional groups attached to an aromatic ring is 1. The lowest BCUT2D eigenvalue weighted by atomic mass is 9.95. The van der Waals surface area contributed by atoms with Gasteiger partial charge >= 0.3 is 0 Å². The first kappa shape index (κ1) is 13.8. The zero-order valence-corrected chi connectivity index (χ0v) is 12.6. The van der Waals surface area contributed by atoms with Crippen LogP contribution >= 0.6 is 0 Å². The SMILES string of the molecule is N=Cc1c(N)ccc2nc(-c3ccc(O)cc3)c3c(c12)CCC3. The van der Waals surface area contributed by atoms with E-state index in [1.165, 1.54) is 17.3 Å². The van der Waals surface area contributed by atoms with Gasteiger partial charge in [-0.3, -0.25) is 0 Å². The number of hydrogen-bond donors (Lipinski definition) is 3. The molecule has 0 amide bonds. The molecule has 1 heterocycles. The van der Waals surface area contributed by atoms with Gasteiger partial charge in [-0.25, -0.2) is 4.98 Å². The highest BCUT2D eigenvalue weighted by Gasteiger charge is 2.22. The van der Waals surface area contributed by atoms with Crippen molar-refractivity contribution in [1.29, 1.82) is 5.41 Å². The molecule has 23 heavy (non-hydrogen) atoms. The third-order valence-corrected chi connectivity index (χ3v) is 4.58. The van der Waals surface area contributed by atoms with Gasteiger partial charge in [-0.05, 0) is 66.8 Å². The molecule has 1 aromatic heterocycles. The number of aromatic nitrogens is 1. The number of phenolic OH excluding ortho intramolecular Hbond substituents is 1. The summed E-state index contributed by atoms with van der Waals surface area (Å²) in [6, 6.07) is 10.9. The first-order valence-electron chi connectivity index (χ1n) is 7.73. The van der Waals surface area contributed by atoms with Gasteiger partial charge in [-0.15, -0.1) is 0 Å². The zero-order valence-electron chi connectivity index (χ0n) is 12.6. The van der Waals surface area contributed by atoms with E-state index in [9.17, 15) is 5.11 Å². The Morgan fingerprint density at radius 2 is 1.78 bits per heavy atom. The Labute approximate surface area is 134 Å². The Balaban J connectivity index is 2.07.